The van der Waals surface area contributed by atoms with E-state index in [4.69, 9.17) is 10.5 Å². The molecule has 112 valence electrons. The second-order valence-electron chi connectivity index (χ2n) is 5.48. The summed E-state index contributed by atoms with van der Waals surface area (Å²) in [7, 11) is 0. The highest BCUT2D eigenvalue weighted by Crippen LogP contribution is 2.21. The van der Waals surface area contributed by atoms with Gasteiger partial charge in [0.05, 0.1) is 19.8 Å². The lowest BCUT2D eigenvalue weighted by Crippen LogP contribution is -2.52. The van der Waals surface area contributed by atoms with Gasteiger partial charge in [-0.2, -0.15) is 0 Å². The third kappa shape index (κ3) is 4.60. The number of rotatable bonds is 3. The number of carbonyl (C=O) groups excluding carboxylic acids is 1. The Kier molecular flexibility index (Phi) is 7.07. The third-order valence-corrected chi connectivity index (χ3v) is 4.07. The quantitative estimate of drug-likeness (QED) is 0.814. The van der Waals surface area contributed by atoms with Crippen LogP contribution in [-0.2, 0) is 9.53 Å². The highest BCUT2D eigenvalue weighted by Gasteiger charge is 2.28. The van der Waals surface area contributed by atoms with Crippen LogP contribution in [0.25, 0.3) is 0 Å². The molecule has 0 spiro atoms. The van der Waals surface area contributed by atoms with Crippen molar-refractivity contribution in [2.45, 2.75) is 25.8 Å². The molecule has 2 fully saturated rings. The standard InChI is InChI=1S/C13H25N3O2.ClH/c1-11-2-3-16(12(8-11)9-14)10-13(17)15-4-6-18-7-5-15;/h11-12H,2-10,14H2,1H3;1H. The summed E-state index contributed by atoms with van der Waals surface area (Å²) in [5.41, 5.74) is 5.82. The van der Waals surface area contributed by atoms with E-state index in [0.29, 0.717) is 32.3 Å². The van der Waals surface area contributed by atoms with Crippen molar-refractivity contribution >= 4 is 18.3 Å². The summed E-state index contributed by atoms with van der Waals surface area (Å²) in [5, 5.41) is 0. The second kappa shape index (κ2) is 8.04. The summed E-state index contributed by atoms with van der Waals surface area (Å²) in [5.74, 6) is 0.958. The van der Waals surface area contributed by atoms with Gasteiger partial charge < -0.3 is 15.4 Å². The van der Waals surface area contributed by atoms with Crippen LogP contribution in [0.15, 0.2) is 0 Å². The smallest absolute Gasteiger partial charge is 0.236 e. The average Bonchev–Trinajstić information content (AvgIpc) is 2.41. The topological polar surface area (TPSA) is 58.8 Å². The van der Waals surface area contributed by atoms with Gasteiger partial charge in [0.2, 0.25) is 5.91 Å². The van der Waals surface area contributed by atoms with E-state index in [1.807, 2.05) is 4.90 Å². The van der Waals surface area contributed by atoms with Crippen LogP contribution < -0.4 is 5.73 Å². The van der Waals surface area contributed by atoms with Crippen LogP contribution in [0, 0.1) is 5.92 Å². The fourth-order valence-corrected chi connectivity index (χ4v) is 2.84. The fraction of sp³-hybridized carbons (Fsp3) is 0.923. The van der Waals surface area contributed by atoms with Gasteiger partial charge in [0.1, 0.15) is 0 Å². The number of hydrogen-bond acceptors (Lipinski definition) is 4. The van der Waals surface area contributed by atoms with E-state index >= 15 is 0 Å². The van der Waals surface area contributed by atoms with Crippen LogP contribution in [0.1, 0.15) is 19.8 Å². The molecule has 0 radical (unpaired) electrons. The number of amides is 1. The first-order valence-electron chi connectivity index (χ1n) is 7.00. The lowest BCUT2D eigenvalue weighted by molar-refractivity contribution is -0.137. The van der Waals surface area contributed by atoms with Crippen molar-refractivity contribution in [2.24, 2.45) is 11.7 Å². The van der Waals surface area contributed by atoms with Crippen LogP contribution in [0.5, 0.6) is 0 Å². The number of ether oxygens (including phenoxy) is 1. The van der Waals surface area contributed by atoms with Gasteiger partial charge in [-0.05, 0) is 25.3 Å². The second-order valence-corrected chi connectivity index (χ2v) is 5.48. The van der Waals surface area contributed by atoms with Crippen molar-refractivity contribution in [1.29, 1.82) is 0 Å². The Morgan fingerprint density at radius 2 is 2.00 bits per heavy atom. The Labute approximate surface area is 121 Å². The molecule has 2 aliphatic heterocycles. The first-order chi connectivity index (χ1) is 8.70. The summed E-state index contributed by atoms with van der Waals surface area (Å²) in [6.45, 7) is 7.25. The number of nitrogens with two attached hydrogens (primary N) is 1. The molecule has 5 nitrogen and oxygen atoms in total. The van der Waals surface area contributed by atoms with Crippen molar-refractivity contribution in [2.75, 3.05) is 45.9 Å². The van der Waals surface area contributed by atoms with E-state index < -0.39 is 0 Å². The van der Waals surface area contributed by atoms with Gasteiger partial charge in [0.25, 0.3) is 0 Å². The molecule has 2 saturated heterocycles. The molecule has 1 amide bonds. The Bertz CT molecular complexity index is 285. The zero-order valence-corrected chi connectivity index (χ0v) is 12.5. The average molecular weight is 292 g/mol. The van der Waals surface area contributed by atoms with Crippen molar-refractivity contribution in [3.63, 3.8) is 0 Å². The number of morpholine rings is 1. The number of halogens is 1. The Hall–Kier alpha value is -0.360. The van der Waals surface area contributed by atoms with Crippen LogP contribution >= 0.6 is 12.4 Å². The molecule has 2 aliphatic rings. The molecule has 0 aliphatic carbocycles. The molecular formula is C13H26ClN3O2. The number of likely N-dealkylation sites (tertiary alicyclic amines) is 1. The number of hydrogen-bond donors (Lipinski definition) is 1. The monoisotopic (exact) mass is 291 g/mol. The maximum atomic E-state index is 12.2. The van der Waals surface area contributed by atoms with E-state index in [9.17, 15) is 4.79 Å². The van der Waals surface area contributed by atoms with Crippen molar-refractivity contribution in [1.82, 2.24) is 9.80 Å². The molecule has 2 rings (SSSR count). The number of carbonyl (C=O) groups is 1. The highest BCUT2D eigenvalue weighted by molar-refractivity contribution is 5.85. The first kappa shape index (κ1) is 16.7. The molecule has 0 bridgehead atoms. The molecule has 6 heteroatoms. The van der Waals surface area contributed by atoms with E-state index in [1.54, 1.807) is 0 Å². The third-order valence-electron chi connectivity index (χ3n) is 4.07. The maximum Gasteiger partial charge on any atom is 0.236 e. The van der Waals surface area contributed by atoms with E-state index in [0.717, 1.165) is 32.0 Å². The minimum atomic E-state index is 0. The van der Waals surface area contributed by atoms with Gasteiger partial charge in [0.15, 0.2) is 0 Å². The zero-order valence-electron chi connectivity index (χ0n) is 11.7. The predicted octanol–water partition coefficient (Wildman–Crippen LogP) is 0.326. The minimum Gasteiger partial charge on any atom is -0.378 e. The number of nitrogens with zero attached hydrogens (tertiary/aromatic N) is 2. The lowest BCUT2D eigenvalue weighted by Gasteiger charge is -2.38. The van der Waals surface area contributed by atoms with Gasteiger partial charge in [-0.15, -0.1) is 12.4 Å². The first-order valence-corrected chi connectivity index (χ1v) is 7.00. The molecule has 2 heterocycles. The maximum absolute atomic E-state index is 12.2. The normalized spacial score (nSPS) is 28.8. The molecule has 19 heavy (non-hydrogen) atoms. The molecule has 2 N–H and O–H groups in total. The van der Waals surface area contributed by atoms with Crippen LogP contribution in [-0.4, -0.2) is 67.7 Å². The molecule has 0 aromatic heterocycles. The predicted molar refractivity (Wildman–Crippen MR) is 77.5 cm³/mol. The Balaban J connectivity index is 0.00000180. The van der Waals surface area contributed by atoms with Gasteiger partial charge >= 0.3 is 0 Å². The molecule has 2 atom stereocenters. The highest BCUT2D eigenvalue weighted by atomic mass is 35.5. The minimum absolute atomic E-state index is 0. The van der Waals surface area contributed by atoms with E-state index in [2.05, 4.69) is 11.8 Å². The van der Waals surface area contributed by atoms with Crippen molar-refractivity contribution in [3.8, 4) is 0 Å². The van der Waals surface area contributed by atoms with Crippen molar-refractivity contribution in [3.05, 3.63) is 0 Å². The summed E-state index contributed by atoms with van der Waals surface area (Å²) in [6.07, 6.45) is 2.29. The molecule has 0 saturated carbocycles. The van der Waals surface area contributed by atoms with Gasteiger partial charge in [-0.3, -0.25) is 9.69 Å². The molecular weight excluding hydrogens is 266 g/mol. The van der Waals surface area contributed by atoms with Crippen LogP contribution in [0.4, 0.5) is 0 Å². The summed E-state index contributed by atoms with van der Waals surface area (Å²) < 4.78 is 5.27. The van der Waals surface area contributed by atoms with E-state index in [-0.39, 0.29) is 18.3 Å². The summed E-state index contributed by atoms with van der Waals surface area (Å²) in [4.78, 5) is 16.4. The zero-order chi connectivity index (χ0) is 13.0. The van der Waals surface area contributed by atoms with Gasteiger partial charge in [-0.25, -0.2) is 0 Å². The fourth-order valence-electron chi connectivity index (χ4n) is 2.84. The van der Waals surface area contributed by atoms with Gasteiger partial charge in [-0.1, -0.05) is 6.92 Å². The molecule has 2 unspecified atom stereocenters. The Morgan fingerprint density at radius 1 is 1.32 bits per heavy atom. The van der Waals surface area contributed by atoms with E-state index in [1.165, 1.54) is 6.42 Å². The van der Waals surface area contributed by atoms with Crippen LogP contribution in [0.3, 0.4) is 0 Å². The number of piperidine rings is 1. The van der Waals surface area contributed by atoms with Crippen molar-refractivity contribution < 1.29 is 9.53 Å². The molecule has 0 aromatic carbocycles. The molecule has 0 aromatic rings. The summed E-state index contributed by atoms with van der Waals surface area (Å²) >= 11 is 0. The van der Waals surface area contributed by atoms with Gasteiger partial charge in [0, 0.05) is 25.7 Å². The largest absolute Gasteiger partial charge is 0.378 e. The SMILES string of the molecule is CC1CCN(CC(=O)N2CCOCC2)C(CN)C1.Cl. The van der Waals surface area contributed by atoms with Crippen LogP contribution in [0.2, 0.25) is 0 Å². The lowest BCUT2D eigenvalue weighted by atomic mass is 9.92. The summed E-state index contributed by atoms with van der Waals surface area (Å²) in [6, 6.07) is 0.374. The Morgan fingerprint density at radius 3 is 2.63 bits per heavy atom.